The maximum atomic E-state index is 11.7. The van der Waals surface area contributed by atoms with Crippen LogP contribution in [-0.2, 0) is 0 Å². The van der Waals surface area contributed by atoms with Crippen molar-refractivity contribution in [2.75, 3.05) is 10.6 Å². The van der Waals surface area contributed by atoms with Gasteiger partial charge in [-0.1, -0.05) is 23.5 Å². The summed E-state index contributed by atoms with van der Waals surface area (Å²) in [4.78, 5) is 23.9. The zero-order valence-corrected chi connectivity index (χ0v) is 10.5. The van der Waals surface area contributed by atoms with Gasteiger partial charge in [-0.2, -0.15) is 0 Å². The third-order valence-electron chi connectivity index (χ3n) is 2.32. The number of hydrogen-bond donors (Lipinski definition) is 2. The van der Waals surface area contributed by atoms with Gasteiger partial charge in [0.15, 0.2) is 10.9 Å². The topological polar surface area (TPSA) is 79.8 Å². The summed E-state index contributed by atoms with van der Waals surface area (Å²) in [5, 5.41) is 5.79. The van der Waals surface area contributed by atoms with Crippen LogP contribution in [0.1, 0.15) is 0 Å². The fourth-order valence-corrected chi connectivity index (χ4v) is 2.39. The van der Waals surface area contributed by atoms with Crippen molar-refractivity contribution >= 4 is 38.5 Å². The number of benzene rings is 1. The Morgan fingerprint density at radius 3 is 2.84 bits per heavy atom. The normalized spacial score (nSPS) is 10.3. The van der Waals surface area contributed by atoms with Crippen molar-refractivity contribution < 1.29 is 4.79 Å². The second-order valence-electron chi connectivity index (χ2n) is 3.66. The van der Waals surface area contributed by atoms with E-state index in [0.717, 1.165) is 10.2 Å². The van der Waals surface area contributed by atoms with E-state index in [9.17, 15) is 4.79 Å². The van der Waals surface area contributed by atoms with Gasteiger partial charge >= 0.3 is 6.03 Å². The molecule has 0 atom stereocenters. The Morgan fingerprint density at radius 1 is 1.16 bits per heavy atom. The number of amides is 2. The van der Waals surface area contributed by atoms with Gasteiger partial charge in [-0.15, -0.1) is 0 Å². The van der Waals surface area contributed by atoms with E-state index < -0.39 is 0 Å². The van der Waals surface area contributed by atoms with Crippen LogP contribution in [0.2, 0.25) is 0 Å². The summed E-state index contributed by atoms with van der Waals surface area (Å²) >= 11 is 1.42. The van der Waals surface area contributed by atoms with Crippen LogP contribution in [0.15, 0.2) is 42.9 Å². The number of anilines is 2. The quantitative estimate of drug-likeness (QED) is 0.751. The molecule has 0 aliphatic heterocycles. The van der Waals surface area contributed by atoms with Crippen LogP contribution in [0.4, 0.5) is 15.7 Å². The molecule has 94 valence electrons. The van der Waals surface area contributed by atoms with E-state index in [1.165, 1.54) is 29.9 Å². The molecule has 0 saturated carbocycles. The minimum Gasteiger partial charge on any atom is -0.291 e. The third-order valence-corrected chi connectivity index (χ3v) is 3.27. The Morgan fingerprint density at radius 2 is 2.05 bits per heavy atom. The number of hydrogen-bond acceptors (Lipinski definition) is 5. The molecular formula is C12H9N5OS. The first-order valence-electron chi connectivity index (χ1n) is 5.51. The monoisotopic (exact) mass is 271 g/mol. The van der Waals surface area contributed by atoms with Gasteiger partial charge in [0, 0.05) is 12.4 Å². The molecule has 2 aromatic heterocycles. The van der Waals surface area contributed by atoms with E-state index >= 15 is 0 Å². The van der Waals surface area contributed by atoms with Crippen molar-refractivity contribution in [3.8, 4) is 0 Å². The van der Waals surface area contributed by atoms with Crippen molar-refractivity contribution in [1.29, 1.82) is 0 Å². The van der Waals surface area contributed by atoms with E-state index in [4.69, 9.17) is 0 Å². The third kappa shape index (κ3) is 2.66. The van der Waals surface area contributed by atoms with E-state index in [1.807, 2.05) is 24.3 Å². The Bertz CT molecular complexity index is 679. The van der Waals surface area contributed by atoms with Crippen molar-refractivity contribution in [1.82, 2.24) is 15.0 Å². The van der Waals surface area contributed by atoms with Crippen LogP contribution < -0.4 is 10.6 Å². The molecule has 0 unspecified atom stereocenters. The summed E-state index contributed by atoms with van der Waals surface area (Å²) in [5.41, 5.74) is 0.863. The van der Waals surface area contributed by atoms with Crippen molar-refractivity contribution in [3.05, 3.63) is 42.9 Å². The van der Waals surface area contributed by atoms with Crippen molar-refractivity contribution in [2.24, 2.45) is 0 Å². The van der Waals surface area contributed by atoms with Gasteiger partial charge in [0.1, 0.15) is 0 Å². The highest BCUT2D eigenvalue weighted by atomic mass is 32.1. The van der Waals surface area contributed by atoms with Crippen molar-refractivity contribution in [3.63, 3.8) is 0 Å². The summed E-state index contributed by atoms with van der Waals surface area (Å²) in [6, 6.07) is 7.31. The average Bonchev–Trinajstić information content (AvgIpc) is 2.81. The molecule has 3 aromatic rings. The first-order chi connectivity index (χ1) is 9.31. The SMILES string of the molecule is O=C(Nc1cnccn1)Nc1nc2ccccc2s1. The predicted octanol–water partition coefficient (Wildman–Crippen LogP) is 2.73. The van der Waals surface area contributed by atoms with Crippen LogP contribution in [-0.4, -0.2) is 21.0 Å². The molecule has 19 heavy (non-hydrogen) atoms. The highest BCUT2D eigenvalue weighted by molar-refractivity contribution is 7.22. The van der Waals surface area contributed by atoms with Gasteiger partial charge in [-0.25, -0.2) is 14.8 Å². The molecule has 1 aromatic carbocycles. The van der Waals surface area contributed by atoms with E-state index in [-0.39, 0.29) is 6.03 Å². The summed E-state index contributed by atoms with van der Waals surface area (Å²) < 4.78 is 1.03. The molecule has 3 rings (SSSR count). The average molecular weight is 271 g/mol. The highest BCUT2D eigenvalue weighted by Gasteiger charge is 2.07. The highest BCUT2D eigenvalue weighted by Crippen LogP contribution is 2.25. The second kappa shape index (κ2) is 4.99. The first kappa shape index (κ1) is 11.5. The molecule has 6 nitrogen and oxygen atoms in total. The Labute approximate surface area is 112 Å². The minimum atomic E-state index is -0.389. The van der Waals surface area contributed by atoms with E-state index in [1.54, 1.807) is 0 Å². The molecule has 0 aliphatic carbocycles. The number of thiazole rings is 1. The first-order valence-corrected chi connectivity index (χ1v) is 6.32. The standard InChI is InChI=1S/C12H9N5OS/c18-11(16-10-7-13-5-6-14-10)17-12-15-8-3-1-2-4-9(8)19-12/h1-7H,(H2,14,15,16,17,18). The Hall–Kier alpha value is -2.54. The Balaban J connectivity index is 1.72. The number of fused-ring (bicyclic) bond motifs is 1. The molecule has 0 bridgehead atoms. The number of nitrogens with zero attached hydrogens (tertiary/aromatic N) is 3. The lowest BCUT2D eigenvalue weighted by Crippen LogP contribution is -2.19. The van der Waals surface area contributed by atoms with Gasteiger partial charge < -0.3 is 0 Å². The molecular weight excluding hydrogens is 262 g/mol. The number of nitrogens with one attached hydrogen (secondary N) is 2. The smallest absolute Gasteiger partial charge is 0.291 e. The minimum absolute atomic E-state index is 0.389. The zero-order chi connectivity index (χ0) is 13.1. The number of para-hydroxylation sites is 1. The number of rotatable bonds is 2. The van der Waals surface area contributed by atoms with Gasteiger partial charge in [0.25, 0.3) is 0 Å². The van der Waals surface area contributed by atoms with Crippen LogP contribution in [0.25, 0.3) is 10.2 Å². The zero-order valence-electron chi connectivity index (χ0n) is 9.70. The fourth-order valence-electron chi connectivity index (χ4n) is 1.53. The summed E-state index contributed by atoms with van der Waals surface area (Å²) in [6.45, 7) is 0. The molecule has 7 heteroatoms. The second-order valence-corrected chi connectivity index (χ2v) is 4.69. The van der Waals surface area contributed by atoms with Crippen LogP contribution >= 0.6 is 11.3 Å². The predicted molar refractivity (Wildman–Crippen MR) is 74.3 cm³/mol. The largest absolute Gasteiger partial charge is 0.326 e. The summed E-state index contributed by atoms with van der Waals surface area (Å²) in [5.74, 6) is 0.390. The fraction of sp³-hybridized carbons (Fsp3) is 0. The molecule has 2 amide bonds. The number of carbonyl (C=O) groups excluding carboxylic acids is 1. The number of urea groups is 1. The Kier molecular flexibility index (Phi) is 3.03. The molecule has 0 radical (unpaired) electrons. The maximum Gasteiger partial charge on any atom is 0.326 e. The number of carbonyl (C=O) groups is 1. The maximum absolute atomic E-state index is 11.7. The summed E-state index contributed by atoms with van der Waals surface area (Å²) in [7, 11) is 0. The molecule has 0 spiro atoms. The van der Waals surface area contributed by atoms with Gasteiger partial charge in [-0.05, 0) is 12.1 Å². The molecule has 0 fully saturated rings. The van der Waals surface area contributed by atoms with E-state index in [0.29, 0.717) is 10.9 Å². The van der Waals surface area contributed by atoms with Crippen molar-refractivity contribution in [2.45, 2.75) is 0 Å². The molecule has 0 saturated heterocycles. The lowest BCUT2D eigenvalue weighted by molar-refractivity contribution is 0.262. The molecule has 2 heterocycles. The molecule has 0 aliphatic rings. The lowest BCUT2D eigenvalue weighted by Gasteiger charge is -2.02. The van der Waals surface area contributed by atoms with Crippen LogP contribution in [0.3, 0.4) is 0 Å². The van der Waals surface area contributed by atoms with E-state index in [2.05, 4.69) is 25.6 Å². The van der Waals surface area contributed by atoms with Gasteiger partial charge in [0.2, 0.25) is 0 Å². The van der Waals surface area contributed by atoms with Crippen LogP contribution in [0, 0.1) is 0 Å². The van der Waals surface area contributed by atoms with Gasteiger partial charge in [-0.3, -0.25) is 15.6 Å². The lowest BCUT2D eigenvalue weighted by atomic mass is 10.3. The van der Waals surface area contributed by atoms with Gasteiger partial charge in [0.05, 0.1) is 16.4 Å². The summed E-state index contributed by atoms with van der Waals surface area (Å²) in [6.07, 6.45) is 4.52. The molecule has 2 N–H and O–H groups in total. The van der Waals surface area contributed by atoms with Crippen LogP contribution in [0.5, 0.6) is 0 Å². The number of aromatic nitrogens is 3.